The average molecular weight is 1530 g/mol. The molecule has 3 saturated heterocycles. The van der Waals surface area contributed by atoms with E-state index in [0.29, 0.717) is 148 Å². The van der Waals surface area contributed by atoms with E-state index in [4.69, 9.17) is 62.6 Å². The molecule has 0 aliphatic carbocycles. The van der Waals surface area contributed by atoms with Crippen LogP contribution >= 0.6 is 0 Å². The second-order valence-electron chi connectivity index (χ2n) is 29.5. The molecule has 0 aromatic carbocycles. The number of unbranched alkanes of at least 4 members (excludes halogenated alkanes) is 7. The second kappa shape index (κ2) is 53.8. The summed E-state index contributed by atoms with van der Waals surface area (Å²) in [6, 6.07) is -1.19. The fourth-order valence-electron chi connectivity index (χ4n) is 13.0. The minimum atomic E-state index is -1.20. The van der Waals surface area contributed by atoms with Crippen molar-refractivity contribution >= 4 is 70.6 Å². The fraction of sp³-hybridized carbons (Fsp3) is 0.844. The van der Waals surface area contributed by atoms with E-state index in [0.717, 1.165) is 0 Å². The van der Waals surface area contributed by atoms with E-state index in [-0.39, 0.29) is 180 Å². The summed E-state index contributed by atoms with van der Waals surface area (Å²) < 4.78 is 70.0. The first kappa shape index (κ1) is 95.2. The molecule has 3 rings (SSSR count). The Balaban J connectivity index is 1.37. The Labute approximate surface area is 634 Å². The van der Waals surface area contributed by atoms with Crippen molar-refractivity contribution in [2.24, 2.45) is 41.2 Å². The molecule has 0 aromatic rings. The van der Waals surface area contributed by atoms with Crippen molar-refractivity contribution in [2.75, 3.05) is 92.4 Å². The molecular formula is C77H132N6O24. The van der Waals surface area contributed by atoms with Crippen molar-refractivity contribution in [1.29, 1.82) is 0 Å². The molecule has 0 radical (unpaired) electrons. The zero-order valence-electron chi connectivity index (χ0n) is 66.2. The van der Waals surface area contributed by atoms with E-state index in [1.54, 1.807) is 0 Å². The zero-order chi connectivity index (χ0) is 79.3. The predicted molar refractivity (Wildman–Crippen MR) is 393 cm³/mol. The van der Waals surface area contributed by atoms with Gasteiger partial charge in [-0.1, -0.05) is 54.4 Å². The molecule has 0 bridgehead atoms. The van der Waals surface area contributed by atoms with Gasteiger partial charge in [0.05, 0.1) is 81.6 Å². The van der Waals surface area contributed by atoms with Gasteiger partial charge in [-0.3, -0.25) is 57.5 Å². The van der Waals surface area contributed by atoms with Crippen molar-refractivity contribution in [3.05, 3.63) is 0 Å². The van der Waals surface area contributed by atoms with Crippen LogP contribution in [0, 0.1) is 35.5 Å². The van der Waals surface area contributed by atoms with Crippen LogP contribution in [0.25, 0.3) is 0 Å². The minimum absolute atomic E-state index is 0.000581. The first-order valence-corrected chi connectivity index (χ1v) is 39.0. The second-order valence-corrected chi connectivity index (χ2v) is 29.5. The topological polar surface area (TPSA) is 402 Å². The number of carbonyl (C=O) groups is 12. The Morgan fingerprint density at radius 3 is 0.897 bits per heavy atom. The minimum Gasteiger partial charge on any atom is -0.463 e. The summed E-state index contributed by atoms with van der Waals surface area (Å²) in [5, 5.41) is 14.5. The first-order valence-electron chi connectivity index (χ1n) is 39.0. The van der Waals surface area contributed by atoms with Gasteiger partial charge < -0.3 is 89.2 Å². The molecule has 15 unspecified atom stereocenters. The maximum atomic E-state index is 12.9. The number of Topliss-reactive ketones (excluding diaryl/α,β-unsaturated/α-hetero) is 4. The highest BCUT2D eigenvalue weighted by molar-refractivity contribution is 5.80. The summed E-state index contributed by atoms with van der Waals surface area (Å²) in [7, 11) is 0. The summed E-state index contributed by atoms with van der Waals surface area (Å²) in [6.45, 7) is 22.1. The molecule has 15 atom stereocenters. The van der Waals surface area contributed by atoms with Crippen molar-refractivity contribution in [2.45, 2.75) is 292 Å². The molecule has 3 aliphatic heterocycles. The number of nitrogens with one attached hydrogen (secondary N) is 5. The largest absolute Gasteiger partial charge is 0.463 e. The van der Waals surface area contributed by atoms with Crippen LogP contribution in [0.2, 0.25) is 0 Å². The number of ether oxygens (including phenoxy) is 12. The quantitative estimate of drug-likeness (QED) is 0.0216. The first-order chi connectivity index (χ1) is 50.9. The van der Waals surface area contributed by atoms with E-state index in [9.17, 15) is 57.5 Å². The number of ketones is 4. The standard InChI is InChI=1S/C77H132N6O24/c1-50-53(4)71(81-56(7)84)74(105-66(50)44-102-59(10)87)99-38-22-19-30-62(90)26-15-13-17-28-64(92)33-41-96-47-77(78,48-97-42-34-65(93)29-18-14-16-27-63(91)31-20-23-39-100-75-72(82-57(8)85)54(5)51(2)67(106-75)45-103-60(11)88)49-98-43-35-70(95)80-37-25-36-79-69(94)32-21-24-40-101-76-73(83-58(9)86)55(6)52(3)68(107-76)46-104-61(12)89/h50-55,66-68,71-76H,13-49,78H2,1-12H3,(H,79,94)(H,80,95)(H,81,84)(H,82,85)(H,83,86). The van der Waals surface area contributed by atoms with Crippen molar-refractivity contribution in [1.82, 2.24) is 26.6 Å². The van der Waals surface area contributed by atoms with Crippen LogP contribution in [0.4, 0.5) is 0 Å². The van der Waals surface area contributed by atoms with Crippen LogP contribution in [0.5, 0.6) is 0 Å². The summed E-state index contributed by atoms with van der Waals surface area (Å²) in [6.07, 6.45) is 7.29. The summed E-state index contributed by atoms with van der Waals surface area (Å²) in [4.78, 5) is 147. The molecule has 107 heavy (non-hydrogen) atoms. The molecule has 614 valence electrons. The van der Waals surface area contributed by atoms with E-state index < -0.39 is 78.8 Å². The van der Waals surface area contributed by atoms with Crippen LogP contribution in [0.1, 0.15) is 231 Å². The number of rotatable bonds is 58. The van der Waals surface area contributed by atoms with Crippen LogP contribution in [0.15, 0.2) is 0 Å². The third kappa shape index (κ3) is 41.1. The van der Waals surface area contributed by atoms with Crippen molar-refractivity contribution in [3.63, 3.8) is 0 Å². The van der Waals surface area contributed by atoms with Crippen LogP contribution in [0.3, 0.4) is 0 Å². The molecule has 3 fully saturated rings. The van der Waals surface area contributed by atoms with Gasteiger partial charge in [-0.2, -0.15) is 0 Å². The Hall–Kier alpha value is -5.96. The Morgan fingerprint density at radius 2 is 0.598 bits per heavy atom. The van der Waals surface area contributed by atoms with Gasteiger partial charge in [0, 0.05) is 139 Å². The lowest BCUT2D eigenvalue weighted by Crippen LogP contribution is -2.58. The molecule has 3 aliphatic rings. The Kier molecular flexibility index (Phi) is 47.9. The summed E-state index contributed by atoms with van der Waals surface area (Å²) in [5.41, 5.74) is 5.59. The normalized spacial score (nSPS) is 24.7. The van der Waals surface area contributed by atoms with E-state index in [2.05, 4.69) is 26.6 Å². The molecular weight excluding hydrogens is 1390 g/mol. The molecule has 7 N–H and O–H groups in total. The highest BCUT2D eigenvalue weighted by Crippen LogP contribution is 2.35. The third-order valence-electron chi connectivity index (χ3n) is 20.1. The maximum Gasteiger partial charge on any atom is 0.302 e. The summed E-state index contributed by atoms with van der Waals surface area (Å²) >= 11 is 0. The van der Waals surface area contributed by atoms with Gasteiger partial charge >= 0.3 is 17.9 Å². The maximum absolute atomic E-state index is 12.9. The van der Waals surface area contributed by atoms with Crippen molar-refractivity contribution < 1.29 is 114 Å². The number of nitrogens with two attached hydrogens (primary N) is 1. The van der Waals surface area contributed by atoms with Gasteiger partial charge in [-0.05, 0) is 106 Å². The van der Waals surface area contributed by atoms with Crippen LogP contribution in [-0.2, 0) is 114 Å². The molecule has 0 saturated carbocycles. The number of amides is 5. The highest BCUT2D eigenvalue weighted by atomic mass is 16.7. The molecule has 5 amide bonds. The lowest BCUT2D eigenvalue weighted by molar-refractivity contribution is -0.244. The molecule has 0 aromatic heterocycles. The van der Waals surface area contributed by atoms with Gasteiger partial charge in [0.25, 0.3) is 0 Å². The van der Waals surface area contributed by atoms with E-state index >= 15 is 0 Å². The van der Waals surface area contributed by atoms with E-state index in [1.165, 1.54) is 41.5 Å². The number of esters is 3. The molecule has 0 spiro atoms. The number of hydrogen-bond acceptors (Lipinski definition) is 25. The van der Waals surface area contributed by atoms with Crippen LogP contribution in [-0.4, -0.2) is 224 Å². The van der Waals surface area contributed by atoms with Gasteiger partial charge in [-0.25, -0.2) is 0 Å². The van der Waals surface area contributed by atoms with Gasteiger partial charge in [0.1, 0.15) is 43.0 Å². The number of carbonyl (C=O) groups excluding carboxylic acids is 12. The Bertz CT molecular complexity index is 2420. The fourth-order valence-corrected chi connectivity index (χ4v) is 13.0. The van der Waals surface area contributed by atoms with Gasteiger partial charge in [0.2, 0.25) is 29.5 Å². The molecule has 30 nitrogen and oxygen atoms in total. The lowest BCUT2D eigenvalue weighted by Gasteiger charge is -2.44. The monoisotopic (exact) mass is 1520 g/mol. The van der Waals surface area contributed by atoms with Crippen molar-refractivity contribution in [3.8, 4) is 0 Å². The third-order valence-corrected chi connectivity index (χ3v) is 20.1. The Morgan fingerprint density at radius 1 is 0.327 bits per heavy atom. The predicted octanol–water partition coefficient (Wildman–Crippen LogP) is 6.46. The zero-order valence-corrected chi connectivity index (χ0v) is 66.2. The number of hydrogen-bond donors (Lipinski definition) is 6. The highest BCUT2D eigenvalue weighted by Gasteiger charge is 2.46. The van der Waals surface area contributed by atoms with Crippen LogP contribution < -0.4 is 32.3 Å². The SMILES string of the molecule is CC(=O)NC1C(OCCCCC(=O)CCCCCC(=O)CCOCC(N)(COCCC(=O)CCCCCC(=O)CCCCOC2OC(COC(C)=O)C(C)C(C)C2NC(C)=O)COCCC(=O)NCCCNC(=O)CCCCOC2OC(COC(C)=O)C(C)C(C)C2NC(C)=O)OC(COC(C)=O)C(C)C1C. The van der Waals surface area contributed by atoms with E-state index in [1.807, 2.05) is 41.5 Å². The molecule has 30 heteroatoms. The smallest absolute Gasteiger partial charge is 0.302 e. The lowest BCUT2D eigenvalue weighted by atomic mass is 9.82. The molecule has 3 heterocycles. The van der Waals surface area contributed by atoms with Gasteiger partial charge in [-0.15, -0.1) is 0 Å². The summed E-state index contributed by atoms with van der Waals surface area (Å²) in [5.74, 6) is -2.14. The van der Waals surface area contributed by atoms with Gasteiger partial charge in [0.15, 0.2) is 18.9 Å². The average Bonchev–Trinajstić information content (AvgIpc) is 0.820.